The van der Waals surface area contributed by atoms with Gasteiger partial charge in [0.15, 0.2) is 0 Å². The predicted molar refractivity (Wildman–Crippen MR) is 128 cm³/mol. The molecule has 3 rings (SSSR count). The highest BCUT2D eigenvalue weighted by atomic mass is 16.6. The molecule has 0 saturated carbocycles. The topological polar surface area (TPSA) is 56.3 Å². The number of carbonyl (C=O) groups excluding carboxylic acids is 2. The van der Waals surface area contributed by atoms with Crippen molar-refractivity contribution in [2.24, 2.45) is 5.92 Å². The lowest BCUT2D eigenvalue weighted by Crippen LogP contribution is -2.58. The molecule has 2 aliphatic heterocycles. The maximum absolute atomic E-state index is 13.1. The smallest absolute Gasteiger partial charge is 0.410 e. The Balaban J connectivity index is 1.85. The van der Waals surface area contributed by atoms with Crippen LogP contribution in [0, 0.1) is 5.92 Å². The molecule has 0 spiro atoms. The number of nitrogens with zero attached hydrogens (tertiary/aromatic N) is 4. The number of likely N-dealkylation sites (N-methyl/N-ethyl adjacent to an activating group) is 1. The van der Waals surface area contributed by atoms with Crippen molar-refractivity contribution in [1.82, 2.24) is 14.7 Å². The molecule has 2 heterocycles. The Kier molecular flexibility index (Phi) is 7.38. The fourth-order valence-electron chi connectivity index (χ4n) is 4.39. The number of benzene rings is 1. The number of hydrogen-bond acceptors (Lipinski definition) is 5. The second-order valence-electron chi connectivity index (χ2n) is 10.5. The third-order valence-electron chi connectivity index (χ3n) is 6.29. The Bertz CT molecular complexity index is 794. The first-order valence-electron chi connectivity index (χ1n) is 11.8. The van der Waals surface area contributed by atoms with Gasteiger partial charge in [0.1, 0.15) is 5.60 Å². The lowest BCUT2D eigenvalue weighted by Gasteiger charge is -2.46. The molecule has 0 aromatic heterocycles. The first-order valence-corrected chi connectivity index (χ1v) is 11.8. The summed E-state index contributed by atoms with van der Waals surface area (Å²) < 4.78 is 5.72. The monoisotopic (exact) mass is 444 g/mol. The fraction of sp³-hybridized carbons (Fsp3) is 0.680. The van der Waals surface area contributed by atoms with Crippen LogP contribution in [0.2, 0.25) is 0 Å². The Hall–Kier alpha value is -2.28. The van der Waals surface area contributed by atoms with Crippen LogP contribution in [-0.2, 0) is 9.53 Å². The van der Waals surface area contributed by atoms with E-state index in [0.29, 0.717) is 13.1 Å². The molecule has 2 saturated heterocycles. The van der Waals surface area contributed by atoms with Crippen molar-refractivity contribution in [2.45, 2.75) is 59.2 Å². The van der Waals surface area contributed by atoms with Crippen molar-refractivity contribution >= 4 is 17.7 Å². The minimum absolute atomic E-state index is 0.0571. The largest absolute Gasteiger partial charge is 0.444 e. The van der Waals surface area contributed by atoms with E-state index in [2.05, 4.69) is 41.1 Å². The predicted octanol–water partition coefficient (Wildman–Crippen LogP) is 3.60. The highest BCUT2D eigenvalue weighted by Gasteiger charge is 2.39. The molecule has 7 nitrogen and oxygen atoms in total. The second-order valence-corrected chi connectivity index (χ2v) is 10.5. The van der Waals surface area contributed by atoms with Crippen molar-refractivity contribution in [3.63, 3.8) is 0 Å². The van der Waals surface area contributed by atoms with E-state index in [1.807, 2.05) is 46.4 Å². The van der Waals surface area contributed by atoms with Gasteiger partial charge in [0.2, 0.25) is 5.91 Å². The fourth-order valence-corrected chi connectivity index (χ4v) is 4.39. The maximum atomic E-state index is 13.1. The van der Waals surface area contributed by atoms with E-state index in [1.54, 1.807) is 4.90 Å². The first kappa shape index (κ1) is 24.4. The number of amides is 2. The van der Waals surface area contributed by atoms with E-state index in [9.17, 15) is 9.59 Å². The molecule has 1 aromatic rings. The molecule has 32 heavy (non-hydrogen) atoms. The van der Waals surface area contributed by atoms with Crippen LogP contribution in [-0.4, -0.2) is 84.7 Å². The molecule has 7 heteroatoms. The van der Waals surface area contributed by atoms with Crippen molar-refractivity contribution in [3.05, 3.63) is 29.8 Å². The molecule has 1 aromatic carbocycles. The molecule has 2 fully saturated rings. The van der Waals surface area contributed by atoms with Crippen molar-refractivity contribution in [1.29, 1.82) is 0 Å². The summed E-state index contributed by atoms with van der Waals surface area (Å²) in [6.45, 7) is 16.6. The zero-order valence-corrected chi connectivity index (χ0v) is 20.8. The zero-order valence-electron chi connectivity index (χ0n) is 20.8. The van der Waals surface area contributed by atoms with Crippen LogP contribution in [0.15, 0.2) is 24.3 Å². The SMILES string of the molecule is CC(C)C(=O)N1C[C@@H](c2ccc(N3CCN(C)CC3)cc2)N(C(=O)OC(C)(C)C)C[C@H]1C. The number of rotatable bonds is 3. The van der Waals surface area contributed by atoms with Gasteiger partial charge in [0.05, 0.1) is 6.04 Å². The van der Waals surface area contributed by atoms with Gasteiger partial charge in [-0.2, -0.15) is 0 Å². The minimum Gasteiger partial charge on any atom is -0.444 e. The van der Waals surface area contributed by atoms with Gasteiger partial charge in [0, 0.05) is 56.9 Å². The van der Waals surface area contributed by atoms with Gasteiger partial charge in [-0.1, -0.05) is 26.0 Å². The molecule has 0 radical (unpaired) electrons. The van der Waals surface area contributed by atoms with Gasteiger partial charge >= 0.3 is 6.09 Å². The van der Waals surface area contributed by atoms with Crippen molar-refractivity contribution < 1.29 is 14.3 Å². The van der Waals surface area contributed by atoms with E-state index >= 15 is 0 Å². The van der Waals surface area contributed by atoms with Gasteiger partial charge in [-0.25, -0.2) is 4.79 Å². The zero-order chi connectivity index (χ0) is 23.6. The van der Waals surface area contributed by atoms with Crippen LogP contribution in [0.5, 0.6) is 0 Å². The lowest BCUT2D eigenvalue weighted by molar-refractivity contribution is -0.140. The molecule has 0 bridgehead atoms. The lowest BCUT2D eigenvalue weighted by atomic mass is 9.98. The van der Waals surface area contributed by atoms with Crippen LogP contribution in [0.25, 0.3) is 0 Å². The molecular weight excluding hydrogens is 404 g/mol. The molecule has 2 aliphatic rings. The second kappa shape index (κ2) is 9.69. The first-order chi connectivity index (χ1) is 15.0. The van der Waals surface area contributed by atoms with Crippen molar-refractivity contribution in [3.8, 4) is 0 Å². The highest BCUT2D eigenvalue weighted by Crippen LogP contribution is 2.32. The number of anilines is 1. The summed E-state index contributed by atoms with van der Waals surface area (Å²) in [6, 6.07) is 8.19. The van der Waals surface area contributed by atoms with Gasteiger partial charge in [-0.15, -0.1) is 0 Å². The minimum atomic E-state index is -0.568. The third-order valence-corrected chi connectivity index (χ3v) is 6.29. The van der Waals surface area contributed by atoms with Crippen LogP contribution in [0.1, 0.15) is 53.1 Å². The van der Waals surface area contributed by atoms with Crippen LogP contribution >= 0.6 is 0 Å². The number of hydrogen-bond donors (Lipinski definition) is 0. The summed E-state index contributed by atoms with van der Waals surface area (Å²) in [7, 11) is 2.15. The molecule has 0 unspecified atom stereocenters. The molecule has 178 valence electrons. The van der Waals surface area contributed by atoms with Gasteiger partial charge in [-0.3, -0.25) is 9.69 Å². The summed E-state index contributed by atoms with van der Waals surface area (Å²) in [6.07, 6.45) is -0.325. The number of carbonyl (C=O) groups is 2. The quantitative estimate of drug-likeness (QED) is 0.713. The maximum Gasteiger partial charge on any atom is 0.410 e. The molecule has 0 N–H and O–H groups in total. The third kappa shape index (κ3) is 5.74. The van der Waals surface area contributed by atoms with E-state index in [0.717, 1.165) is 31.7 Å². The highest BCUT2D eigenvalue weighted by molar-refractivity contribution is 5.79. The van der Waals surface area contributed by atoms with Crippen LogP contribution < -0.4 is 4.90 Å². The van der Waals surface area contributed by atoms with E-state index < -0.39 is 5.60 Å². The Morgan fingerprint density at radius 2 is 1.56 bits per heavy atom. The molecule has 0 aliphatic carbocycles. The van der Waals surface area contributed by atoms with E-state index in [1.165, 1.54) is 5.69 Å². The number of piperazine rings is 2. The number of ether oxygens (including phenoxy) is 1. The Morgan fingerprint density at radius 1 is 0.969 bits per heavy atom. The summed E-state index contributed by atoms with van der Waals surface area (Å²) in [5.74, 6) is 0.0474. The summed E-state index contributed by atoms with van der Waals surface area (Å²) in [5, 5.41) is 0. The van der Waals surface area contributed by atoms with Crippen molar-refractivity contribution in [2.75, 3.05) is 51.2 Å². The van der Waals surface area contributed by atoms with Gasteiger partial charge in [0.25, 0.3) is 0 Å². The van der Waals surface area contributed by atoms with E-state index in [4.69, 9.17) is 4.74 Å². The average molecular weight is 445 g/mol. The van der Waals surface area contributed by atoms with E-state index in [-0.39, 0.29) is 30.0 Å². The summed E-state index contributed by atoms with van der Waals surface area (Å²) in [4.78, 5) is 34.4. The summed E-state index contributed by atoms with van der Waals surface area (Å²) in [5.41, 5.74) is 1.66. The standard InChI is InChI=1S/C25H40N4O3/c1-18(2)23(30)28-17-22(29(16-19(28)3)24(31)32-25(4,5)6)20-8-10-21(11-9-20)27-14-12-26(7)13-15-27/h8-11,18-19,22H,12-17H2,1-7H3/t19-,22+/m1/s1. The van der Waals surface area contributed by atoms with Gasteiger partial charge in [-0.05, 0) is 52.4 Å². The summed E-state index contributed by atoms with van der Waals surface area (Å²) >= 11 is 0. The molecular formula is C25H40N4O3. The molecule has 2 amide bonds. The Morgan fingerprint density at radius 3 is 2.09 bits per heavy atom. The van der Waals surface area contributed by atoms with Crippen LogP contribution in [0.3, 0.4) is 0 Å². The van der Waals surface area contributed by atoms with Crippen LogP contribution in [0.4, 0.5) is 10.5 Å². The average Bonchev–Trinajstić information content (AvgIpc) is 2.72. The molecule has 2 atom stereocenters. The van der Waals surface area contributed by atoms with Gasteiger partial charge < -0.3 is 19.4 Å². The normalized spacial score (nSPS) is 22.9. The Labute approximate surface area is 193 Å².